The number of nitrogens with zero attached hydrogens (tertiary/aromatic N) is 1. The summed E-state index contributed by atoms with van der Waals surface area (Å²) in [4.78, 5) is 14.5. The van der Waals surface area contributed by atoms with Gasteiger partial charge in [0.25, 0.3) is 0 Å². The lowest BCUT2D eigenvalue weighted by Gasteiger charge is -2.36. The van der Waals surface area contributed by atoms with E-state index in [0.717, 1.165) is 45.5 Å². The minimum Gasteiger partial charge on any atom is -0.379 e. The molecule has 1 N–H and O–H groups in total. The van der Waals surface area contributed by atoms with Gasteiger partial charge < -0.3 is 19.7 Å². The van der Waals surface area contributed by atoms with E-state index < -0.39 is 0 Å². The first-order valence-electron chi connectivity index (χ1n) is 8.42. The summed E-state index contributed by atoms with van der Waals surface area (Å²) in [6, 6.07) is 0.0316. The van der Waals surface area contributed by atoms with E-state index in [1.54, 1.807) is 0 Å². The maximum absolute atomic E-state index is 12.5. The second kappa shape index (κ2) is 8.71. The van der Waals surface area contributed by atoms with Crippen molar-refractivity contribution in [2.75, 3.05) is 39.5 Å². The molecule has 0 radical (unpaired) electrons. The van der Waals surface area contributed by atoms with Crippen molar-refractivity contribution in [2.24, 2.45) is 5.92 Å². The standard InChI is InChI=1S/C16H30N2O3/c1-3-20-10-11-21-14-5-8-18(9-6-14)16(19)15-12-13(2)4-7-17-15/h13-15,17H,3-12H2,1-2H3. The highest BCUT2D eigenvalue weighted by molar-refractivity contribution is 5.82. The molecule has 2 fully saturated rings. The highest BCUT2D eigenvalue weighted by atomic mass is 16.5. The number of carbonyl (C=O) groups excluding carboxylic acids is 1. The zero-order chi connectivity index (χ0) is 15.1. The van der Waals surface area contributed by atoms with E-state index >= 15 is 0 Å². The molecule has 0 aliphatic carbocycles. The van der Waals surface area contributed by atoms with E-state index in [1.807, 2.05) is 11.8 Å². The van der Waals surface area contributed by atoms with E-state index in [-0.39, 0.29) is 18.1 Å². The summed E-state index contributed by atoms with van der Waals surface area (Å²) >= 11 is 0. The van der Waals surface area contributed by atoms with Crippen LogP contribution in [0, 0.1) is 5.92 Å². The van der Waals surface area contributed by atoms with Gasteiger partial charge in [-0.05, 0) is 45.1 Å². The number of hydrogen-bond donors (Lipinski definition) is 1. The van der Waals surface area contributed by atoms with E-state index in [1.165, 1.54) is 6.42 Å². The molecule has 2 atom stereocenters. The molecule has 2 heterocycles. The monoisotopic (exact) mass is 298 g/mol. The average Bonchev–Trinajstić information content (AvgIpc) is 2.51. The van der Waals surface area contributed by atoms with Gasteiger partial charge in [-0.2, -0.15) is 0 Å². The summed E-state index contributed by atoms with van der Waals surface area (Å²) in [6.07, 6.45) is 4.33. The Morgan fingerprint density at radius 3 is 2.67 bits per heavy atom. The van der Waals surface area contributed by atoms with E-state index in [0.29, 0.717) is 19.1 Å². The van der Waals surface area contributed by atoms with Gasteiger partial charge in [-0.3, -0.25) is 4.79 Å². The number of ether oxygens (including phenoxy) is 2. The molecule has 21 heavy (non-hydrogen) atoms. The first-order chi connectivity index (χ1) is 10.2. The summed E-state index contributed by atoms with van der Waals surface area (Å²) in [5.41, 5.74) is 0. The van der Waals surface area contributed by atoms with Gasteiger partial charge in [0.2, 0.25) is 5.91 Å². The first kappa shape index (κ1) is 16.7. The molecule has 0 spiro atoms. The third-order valence-electron chi connectivity index (χ3n) is 4.50. The van der Waals surface area contributed by atoms with Crippen molar-refractivity contribution >= 4 is 5.91 Å². The van der Waals surface area contributed by atoms with Crippen LogP contribution in [0.1, 0.15) is 39.5 Å². The Morgan fingerprint density at radius 2 is 2.00 bits per heavy atom. The second-order valence-electron chi connectivity index (χ2n) is 6.23. The molecular formula is C16H30N2O3. The highest BCUT2D eigenvalue weighted by Gasteiger charge is 2.30. The van der Waals surface area contributed by atoms with Crippen molar-refractivity contribution in [1.29, 1.82) is 0 Å². The maximum atomic E-state index is 12.5. The van der Waals surface area contributed by atoms with Crippen molar-refractivity contribution in [1.82, 2.24) is 10.2 Å². The lowest BCUT2D eigenvalue weighted by Crippen LogP contribution is -2.52. The van der Waals surface area contributed by atoms with Crippen molar-refractivity contribution in [3.05, 3.63) is 0 Å². The fourth-order valence-electron chi connectivity index (χ4n) is 3.18. The summed E-state index contributed by atoms with van der Waals surface area (Å²) in [5.74, 6) is 0.939. The molecule has 1 amide bonds. The summed E-state index contributed by atoms with van der Waals surface area (Å²) in [7, 11) is 0. The molecular weight excluding hydrogens is 268 g/mol. The van der Waals surface area contributed by atoms with E-state index in [4.69, 9.17) is 9.47 Å². The molecule has 0 aromatic rings. The molecule has 0 saturated carbocycles. The zero-order valence-corrected chi connectivity index (χ0v) is 13.5. The summed E-state index contributed by atoms with van der Waals surface area (Å²) in [5, 5.41) is 3.37. The minimum absolute atomic E-state index is 0.0316. The average molecular weight is 298 g/mol. The van der Waals surface area contributed by atoms with Gasteiger partial charge in [-0.15, -0.1) is 0 Å². The number of hydrogen-bond acceptors (Lipinski definition) is 4. The van der Waals surface area contributed by atoms with Crippen LogP contribution in [0.25, 0.3) is 0 Å². The third kappa shape index (κ3) is 5.24. The van der Waals surface area contributed by atoms with Crippen molar-refractivity contribution < 1.29 is 14.3 Å². The van der Waals surface area contributed by atoms with Crippen LogP contribution in [0.15, 0.2) is 0 Å². The maximum Gasteiger partial charge on any atom is 0.239 e. The normalized spacial score (nSPS) is 27.8. The van der Waals surface area contributed by atoms with Crippen molar-refractivity contribution in [3.63, 3.8) is 0 Å². The molecule has 2 saturated heterocycles. The number of piperidine rings is 2. The lowest BCUT2D eigenvalue weighted by molar-refractivity contribution is -0.137. The van der Waals surface area contributed by atoms with Crippen molar-refractivity contribution in [2.45, 2.75) is 51.7 Å². The quantitative estimate of drug-likeness (QED) is 0.754. The highest BCUT2D eigenvalue weighted by Crippen LogP contribution is 2.19. The Bertz CT molecular complexity index is 317. The Hall–Kier alpha value is -0.650. The smallest absolute Gasteiger partial charge is 0.239 e. The number of carbonyl (C=O) groups is 1. The van der Waals surface area contributed by atoms with E-state index in [2.05, 4.69) is 12.2 Å². The lowest BCUT2D eigenvalue weighted by atomic mass is 9.93. The Labute approximate surface area is 128 Å². The van der Waals surface area contributed by atoms with Gasteiger partial charge >= 0.3 is 0 Å². The molecule has 5 heteroatoms. The Morgan fingerprint density at radius 1 is 1.24 bits per heavy atom. The molecule has 2 aliphatic rings. The van der Waals surface area contributed by atoms with Crippen molar-refractivity contribution in [3.8, 4) is 0 Å². The Balaban J connectivity index is 1.67. The predicted molar refractivity (Wildman–Crippen MR) is 82.2 cm³/mol. The topological polar surface area (TPSA) is 50.8 Å². The SMILES string of the molecule is CCOCCOC1CCN(C(=O)C2CC(C)CCN2)CC1. The molecule has 2 rings (SSSR count). The molecule has 0 aromatic heterocycles. The molecule has 5 nitrogen and oxygen atoms in total. The van der Waals surface area contributed by atoms with Gasteiger partial charge in [0.15, 0.2) is 0 Å². The van der Waals surface area contributed by atoms with Crippen LogP contribution in [0.4, 0.5) is 0 Å². The molecule has 0 bridgehead atoms. The number of nitrogens with one attached hydrogen (secondary N) is 1. The van der Waals surface area contributed by atoms with Crippen LogP contribution < -0.4 is 5.32 Å². The zero-order valence-electron chi connectivity index (χ0n) is 13.5. The summed E-state index contributed by atoms with van der Waals surface area (Å²) < 4.78 is 11.1. The van der Waals surface area contributed by atoms with Gasteiger partial charge in [0, 0.05) is 19.7 Å². The summed E-state index contributed by atoms with van der Waals surface area (Å²) in [6.45, 7) is 8.91. The Kier molecular flexibility index (Phi) is 6.93. The first-order valence-corrected chi connectivity index (χ1v) is 8.42. The van der Waals surface area contributed by atoms with Gasteiger partial charge in [-0.1, -0.05) is 6.92 Å². The molecule has 122 valence electrons. The molecule has 2 aliphatic heterocycles. The fourth-order valence-corrected chi connectivity index (χ4v) is 3.18. The minimum atomic E-state index is 0.0316. The molecule has 0 aromatic carbocycles. The number of amides is 1. The van der Waals surface area contributed by atoms with Gasteiger partial charge in [0.1, 0.15) is 0 Å². The van der Waals surface area contributed by atoms with Gasteiger partial charge in [-0.25, -0.2) is 0 Å². The fraction of sp³-hybridized carbons (Fsp3) is 0.938. The van der Waals surface area contributed by atoms with Crippen LogP contribution in [0.5, 0.6) is 0 Å². The van der Waals surface area contributed by atoms with Crippen LogP contribution in [-0.4, -0.2) is 62.4 Å². The van der Waals surface area contributed by atoms with Gasteiger partial charge in [0.05, 0.1) is 25.4 Å². The van der Waals surface area contributed by atoms with Crippen LogP contribution in [0.2, 0.25) is 0 Å². The van der Waals surface area contributed by atoms with E-state index in [9.17, 15) is 4.79 Å². The number of likely N-dealkylation sites (tertiary alicyclic amines) is 1. The van der Waals surface area contributed by atoms with Crippen LogP contribution in [0.3, 0.4) is 0 Å². The molecule has 2 unspecified atom stereocenters. The predicted octanol–water partition coefficient (Wildman–Crippen LogP) is 1.42. The number of rotatable bonds is 6. The largest absolute Gasteiger partial charge is 0.379 e. The second-order valence-corrected chi connectivity index (χ2v) is 6.23. The van der Waals surface area contributed by atoms with Crippen LogP contribution >= 0.6 is 0 Å². The van der Waals surface area contributed by atoms with Crippen LogP contribution in [-0.2, 0) is 14.3 Å². The third-order valence-corrected chi connectivity index (χ3v) is 4.50.